The van der Waals surface area contributed by atoms with Crippen molar-refractivity contribution in [3.8, 4) is 11.5 Å². The molecular weight excluding hydrogens is 652 g/mol. The minimum Gasteiger partial charge on any atom is -0.495 e. The Morgan fingerprint density at radius 1 is 0.717 bits per heavy atom. The molecular formula is C32H33ClN4O7S2. The van der Waals surface area contributed by atoms with Crippen molar-refractivity contribution >= 4 is 60.3 Å². The molecule has 0 radical (unpaired) electrons. The highest BCUT2D eigenvalue weighted by Gasteiger charge is 2.26. The summed E-state index contributed by atoms with van der Waals surface area (Å²) in [5.74, 6) is -0.0176. The maximum absolute atomic E-state index is 13.8. The van der Waals surface area contributed by atoms with Crippen LogP contribution >= 0.6 is 11.6 Å². The van der Waals surface area contributed by atoms with Gasteiger partial charge in [0.05, 0.1) is 36.3 Å². The topological polar surface area (TPSA) is 143 Å². The highest BCUT2D eigenvalue weighted by molar-refractivity contribution is 7.93. The maximum Gasteiger partial charge on any atom is 0.264 e. The van der Waals surface area contributed by atoms with Crippen LogP contribution in [0.3, 0.4) is 0 Å². The third-order valence-electron chi connectivity index (χ3n) is 7.39. The van der Waals surface area contributed by atoms with Crippen molar-refractivity contribution < 1.29 is 31.1 Å². The van der Waals surface area contributed by atoms with Crippen LogP contribution in [0.2, 0.25) is 5.02 Å². The summed E-state index contributed by atoms with van der Waals surface area (Å²) in [5.41, 5.74) is 1.14. The quantitative estimate of drug-likeness (QED) is 0.169. The molecule has 5 rings (SSSR count). The minimum atomic E-state index is -4.23. The number of amides is 1. The second kappa shape index (κ2) is 13.9. The summed E-state index contributed by atoms with van der Waals surface area (Å²) in [6.45, 7) is 1.38. The van der Waals surface area contributed by atoms with Gasteiger partial charge in [-0.25, -0.2) is 16.8 Å². The van der Waals surface area contributed by atoms with E-state index in [-0.39, 0.29) is 37.4 Å². The van der Waals surface area contributed by atoms with Crippen LogP contribution in [0.1, 0.15) is 29.6 Å². The Morgan fingerprint density at radius 3 is 1.87 bits per heavy atom. The zero-order valence-electron chi connectivity index (χ0n) is 25.1. The number of rotatable bonds is 11. The number of halogens is 1. The van der Waals surface area contributed by atoms with E-state index in [0.717, 1.165) is 25.3 Å². The molecule has 3 N–H and O–H groups in total. The van der Waals surface area contributed by atoms with Gasteiger partial charge in [0.1, 0.15) is 21.3 Å². The smallest absolute Gasteiger partial charge is 0.264 e. The molecule has 14 heteroatoms. The van der Waals surface area contributed by atoms with Gasteiger partial charge in [-0.1, -0.05) is 35.9 Å². The summed E-state index contributed by atoms with van der Waals surface area (Å²) in [7, 11) is -5.52. The molecule has 0 bridgehead atoms. The molecule has 4 aromatic carbocycles. The van der Waals surface area contributed by atoms with E-state index in [1.165, 1.54) is 38.5 Å². The molecule has 0 unspecified atom stereocenters. The molecule has 11 nitrogen and oxygen atoms in total. The van der Waals surface area contributed by atoms with Crippen molar-refractivity contribution in [2.45, 2.75) is 29.1 Å². The Labute approximate surface area is 273 Å². The van der Waals surface area contributed by atoms with E-state index in [9.17, 15) is 21.6 Å². The molecule has 1 aliphatic rings. The first kappa shape index (κ1) is 32.9. The number of anilines is 4. The number of nitrogens with one attached hydrogen (secondary N) is 3. The Morgan fingerprint density at radius 2 is 1.28 bits per heavy atom. The van der Waals surface area contributed by atoms with Gasteiger partial charge in [-0.15, -0.1) is 0 Å². The lowest BCUT2D eigenvalue weighted by Gasteiger charge is -2.30. The SMILES string of the molecule is COc1ccccc1NS(=O)(=O)c1cc(C(=O)Nc2ccc(N3CCCCC3)c(S(=O)(=O)Nc3ccccc3OC)c2)ccc1Cl. The van der Waals surface area contributed by atoms with Crippen LogP contribution < -0.4 is 29.1 Å². The summed E-state index contributed by atoms with van der Waals surface area (Å²) in [4.78, 5) is 15.1. The zero-order chi connectivity index (χ0) is 32.9. The molecule has 0 aliphatic carbocycles. The van der Waals surface area contributed by atoms with Crippen LogP contribution in [0.25, 0.3) is 0 Å². The predicted molar refractivity (Wildman–Crippen MR) is 180 cm³/mol. The van der Waals surface area contributed by atoms with Crippen LogP contribution in [0, 0.1) is 0 Å². The zero-order valence-corrected chi connectivity index (χ0v) is 27.5. The van der Waals surface area contributed by atoms with E-state index in [1.807, 2.05) is 4.90 Å². The van der Waals surface area contributed by atoms with E-state index in [1.54, 1.807) is 54.6 Å². The molecule has 1 amide bonds. The molecule has 1 heterocycles. The third kappa shape index (κ3) is 7.33. The largest absolute Gasteiger partial charge is 0.495 e. The molecule has 1 fully saturated rings. The summed E-state index contributed by atoms with van der Waals surface area (Å²) >= 11 is 6.27. The fourth-order valence-corrected chi connectivity index (χ4v) is 8.03. The van der Waals surface area contributed by atoms with E-state index in [0.29, 0.717) is 30.3 Å². The number of ether oxygens (including phenoxy) is 2. The second-order valence-corrected chi connectivity index (χ2v) is 14.1. The number of sulfonamides is 2. The van der Waals surface area contributed by atoms with Crippen molar-refractivity contribution in [3.05, 3.63) is 95.5 Å². The average Bonchev–Trinajstić information content (AvgIpc) is 3.05. The molecule has 0 atom stereocenters. The Bertz CT molecular complexity index is 1960. The Balaban J connectivity index is 1.46. The Hall–Kier alpha value is -4.46. The van der Waals surface area contributed by atoms with E-state index in [4.69, 9.17) is 21.1 Å². The molecule has 242 valence electrons. The van der Waals surface area contributed by atoms with Crippen LogP contribution in [0.15, 0.2) is 94.7 Å². The van der Waals surface area contributed by atoms with Crippen LogP contribution in [-0.4, -0.2) is 50.1 Å². The number of carbonyl (C=O) groups excluding carboxylic acids is 1. The van der Waals surface area contributed by atoms with Crippen LogP contribution in [-0.2, 0) is 20.0 Å². The summed E-state index contributed by atoms with van der Waals surface area (Å²) in [5, 5.41) is 2.60. The molecule has 0 aromatic heterocycles. The number of nitrogens with zero attached hydrogens (tertiary/aromatic N) is 1. The molecule has 1 aliphatic heterocycles. The molecule has 4 aromatic rings. The number of benzene rings is 4. The van der Waals surface area contributed by atoms with Gasteiger partial charge >= 0.3 is 0 Å². The van der Waals surface area contributed by atoms with Crippen molar-refractivity contribution in [3.63, 3.8) is 0 Å². The van der Waals surface area contributed by atoms with Gasteiger partial charge in [0.2, 0.25) is 0 Å². The summed E-state index contributed by atoms with van der Waals surface area (Å²) in [6, 6.07) is 21.6. The molecule has 0 spiro atoms. The first-order valence-corrected chi connectivity index (χ1v) is 17.7. The van der Waals surface area contributed by atoms with Crippen molar-refractivity contribution in [2.24, 2.45) is 0 Å². The van der Waals surface area contributed by atoms with Gasteiger partial charge in [0.15, 0.2) is 0 Å². The van der Waals surface area contributed by atoms with Gasteiger partial charge < -0.3 is 19.7 Å². The second-order valence-electron chi connectivity index (χ2n) is 10.4. The average molecular weight is 685 g/mol. The summed E-state index contributed by atoms with van der Waals surface area (Å²) < 4.78 is 69.9. The fourth-order valence-electron chi connectivity index (χ4n) is 5.11. The van der Waals surface area contributed by atoms with Crippen LogP contribution in [0.5, 0.6) is 11.5 Å². The van der Waals surface area contributed by atoms with Gasteiger partial charge in [-0.05, 0) is 79.9 Å². The normalized spacial score (nSPS) is 13.5. The number of hydrogen-bond donors (Lipinski definition) is 3. The number of piperidine rings is 1. The maximum atomic E-state index is 13.8. The molecule has 0 saturated carbocycles. The van der Waals surface area contributed by atoms with Crippen molar-refractivity contribution in [1.82, 2.24) is 0 Å². The van der Waals surface area contributed by atoms with Gasteiger partial charge in [0, 0.05) is 24.3 Å². The van der Waals surface area contributed by atoms with Gasteiger partial charge in [0.25, 0.3) is 26.0 Å². The van der Waals surface area contributed by atoms with Crippen molar-refractivity contribution in [1.29, 1.82) is 0 Å². The Kier molecular flexibility index (Phi) is 9.94. The molecule has 1 saturated heterocycles. The van der Waals surface area contributed by atoms with E-state index >= 15 is 0 Å². The van der Waals surface area contributed by atoms with E-state index < -0.39 is 26.0 Å². The standard InChI is InChI=1S/C32H33ClN4O7S2/c1-43-28-12-6-4-10-25(28)35-45(39,40)30-20-22(14-16-24(30)33)32(38)34-23-15-17-27(37-18-8-3-9-19-37)31(21-23)46(41,42)36-26-11-5-7-13-29(26)44-2/h4-7,10-17,20-21,35-36H,3,8-9,18-19H2,1-2H3,(H,34,38). The van der Waals surface area contributed by atoms with E-state index in [2.05, 4.69) is 14.8 Å². The summed E-state index contributed by atoms with van der Waals surface area (Å²) in [6.07, 6.45) is 2.90. The van der Waals surface area contributed by atoms with Crippen molar-refractivity contribution in [2.75, 3.05) is 47.0 Å². The lowest BCUT2D eigenvalue weighted by molar-refractivity contribution is 0.102. The number of hydrogen-bond acceptors (Lipinski definition) is 8. The van der Waals surface area contributed by atoms with Gasteiger partial charge in [-0.3, -0.25) is 14.2 Å². The lowest BCUT2D eigenvalue weighted by Crippen LogP contribution is -2.31. The number of para-hydroxylation sites is 4. The molecule has 46 heavy (non-hydrogen) atoms. The first-order chi connectivity index (χ1) is 22.0. The van der Waals surface area contributed by atoms with Gasteiger partial charge in [-0.2, -0.15) is 0 Å². The first-order valence-electron chi connectivity index (χ1n) is 14.3. The highest BCUT2D eigenvalue weighted by atomic mass is 35.5. The number of carbonyl (C=O) groups is 1. The monoisotopic (exact) mass is 684 g/mol. The lowest BCUT2D eigenvalue weighted by atomic mass is 10.1. The predicted octanol–water partition coefficient (Wildman–Crippen LogP) is 6.20. The fraction of sp³-hybridized carbons (Fsp3) is 0.219. The highest BCUT2D eigenvalue weighted by Crippen LogP contribution is 2.34. The van der Waals surface area contributed by atoms with Crippen LogP contribution in [0.4, 0.5) is 22.7 Å². The minimum absolute atomic E-state index is 0.0125. The number of methoxy groups -OCH3 is 2. The third-order valence-corrected chi connectivity index (χ3v) is 10.6.